The van der Waals surface area contributed by atoms with Gasteiger partial charge in [-0.15, -0.1) is 10.2 Å². The third-order valence-corrected chi connectivity index (χ3v) is 5.00. The second-order valence-electron chi connectivity index (χ2n) is 5.68. The maximum atomic E-state index is 5.60. The molecule has 0 atom stereocenters. The minimum Gasteiger partial charge on any atom is -0.461 e. The van der Waals surface area contributed by atoms with Gasteiger partial charge in [0.25, 0.3) is 0 Å². The van der Waals surface area contributed by atoms with Crippen LogP contribution in [-0.4, -0.2) is 24.6 Å². The summed E-state index contributed by atoms with van der Waals surface area (Å²) in [6.07, 6.45) is 3.43. The summed E-state index contributed by atoms with van der Waals surface area (Å²) in [6.45, 7) is 0. The largest absolute Gasteiger partial charge is 0.461 e. The van der Waals surface area contributed by atoms with Gasteiger partial charge in [-0.2, -0.15) is 0 Å². The summed E-state index contributed by atoms with van der Waals surface area (Å²) in [5.74, 6) is 2.07. The van der Waals surface area contributed by atoms with Crippen molar-refractivity contribution in [1.82, 2.24) is 24.6 Å². The molecule has 0 unspecified atom stereocenters. The van der Waals surface area contributed by atoms with Gasteiger partial charge in [0.15, 0.2) is 22.4 Å². The summed E-state index contributed by atoms with van der Waals surface area (Å²) in [5, 5.41) is 10.5. The highest BCUT2D eigenvalue weighted by Gasteiger charge is 2.18. The third kappa shape index (κ3) is 2.53. The number of hydrogen-bond acceptors (Lipinski definition) is 6. The first-order valence-electron chi connectivity index (χ1n) is 8.10. The molecular formula is C19H13N5OS. The molecule has 5 aromatic rings. The number of nitrogens with zero attached hydrogens (tertiary/aromatic N) is 5. The first kappa shape index (κ1) is 15.1. The van der Waals surface area contributed by atoms with Gasteiger partial charge < -0.3 is 4.42 Å². The Labute approximate surface area is 152 Å². The Hall–Kier alpha value is -3.19. The van der Waals surface area contributed by atoms with Gasteiger partial charge in [-0.25, -0.2) is 4.98 Å². The molecule has 0 N–H and O–H groups in total. The van der Waals surface area contributed by atoms with Crippen LogP contribution in [0.15, 0.2) is 76.6 Å². The predicted molar refractivity (Wildman–Crippen MR) is 99.8 cm³/mol. The van der Waals surface area contributed by atoms with E-state index >= 15 is 0 Å². The average Bonchev–Trinajstić information content (AvgIpc) is 3.37. The van der Waals surface area contributed by atoms with Crippen molar-refractivity contribution in [3.05, 3.63) is 72.8 Å². The summed E-state index contributed by atoms with van der Waals surface area (Å²) < 4.78 is 7.56. The molecule has 0 aliphatic heterocycles. The molecule has 6 nitrogen and oxygen atoms in total. The van der Waals surface area contributed by atoms with Crippen LogP contribution in [0.25, 0.3) is 28.1 Å². The van der Waals surface area contributed by atoms with Crippen LogP contribution in [0.4, 0.5) is 0 Å². The highest BCUT2D eigenvalue weighted by molar-refractivity contribution is 7.98. The Bertz CT molecular complexity index is 1180. The summed E-state index contributed by atoms with van der Waals surface area (Å²) >= 11 is 1.57. The Morgan fingerprint density at radius 3 is 2.73 bits per heavy atom. The van der Waals surface area contributed by atoms with Gasteiger partial charge >= 0.3 is 0 Å². The lowest BCUT2D eigenvalue weighted by atomic mass is 10.2. The highest BCUT2D eigenvalue weighted by atomic mass is 32.2. The van der Waals surface area contributed by atoms with Crippen molar-refractivity contribution in [2.24, 2.45) is 0 Å². The molecule has 0 saturated carbocycles. The molecule has 26 heavy (non-hydrogen) atoms. The summed E-state index contributed by atoms with van der Waals surface area (Å²) in [4.78, 5) is 9.16. The van der Waals surface area contributed by atoms with Crippen molar-refractivity contribution in [1.29, 1.82) is 0 Å². The van der Waals surface area contributed by atoms with E-state index in [0.29, 0.717) is 17.3 Å². The molecule has 0 radical (unpaired) electrons. The zero-order valence-electron chi connectivity index (χ0n) is 13.6. The van der Waals surface area contributed by atoms with E-state index in [0.717, 1.165) is 27.4 Å². The molecule has 0 saturated heterocycles. The molecule has 0 aliphatic rings. The Balaban J connectivity index is 1.68. The van der Waals surface area contributed by atoms with Crippen LogP contribution in [-0.2, 0) is 5.75 Å². The fourth-order valence-electron chi connectivity index (χ4n) is 2.85. The number of para-hydroxylation sites is 1. The number of pyridine rings is 1. The first-order valence-corrected chi connectivity index (χ1v) is 9.09. The van der Waals surface area contributed by atoms with Gasteiger partial charge in [-0.3, -0.25) is 9.38 Å². The second kappa shape index (κ2) is 6.27. The van der Waals surface area contributed by atoms with Crippen molar-refractivity contribution in [3.8, 4) is 11.6 Å². The molecule has 4 aromatic heterocycles. The van der Waals surface area contributed by atoms with Crippen LogP contribution in [0.3, 0.4) is 0 Å². The monoisotopic (exact) mass is 359 g/mol. The quantitative estimate of drug-likeness (QED) is 0.447. The minimum atomic E-state index is 0.681. The Kier molecular flexibility index (Phi) is 3.64. The van der Waals surface area contributed by atoms with E-state index in [2.05, 4.69) is 15.2 Å². The van der Waals surface area contributed by atoms with E-state index in [-0.39, 0.29) is 0 Å². The molecule has 4 heterocycles. The Morgan fingerprint density at radius 2 is 1.88 bits per heavy atom. The van der Waals surface area contributed by atoms with Gasteiger partial charge in [-0.05, 0) is 36.4 Å². The van der Waals surface area contributed by atoms with Crippen LogP contribution < -0.4 is 0 Å². The molecule has 0 amide bonds. The molecule has 0 aliphatic carbocycles. The lowest BCUT2D eigenvalue weighted by molar-refractivity contribution is 0.575. The van der Waals surface area contributed by atoms with Crippen molar-refractivity contribution in [2.75, 3.05) is 0 Å². The van der Waals surface area contributed by atoms with E-state index in [1.807, 2.05) is 59.0 Å². The van der Waals surface area contributed by atoms with Gasteiger partial charge in [0, 0.05) is 17.3 Å². The summed E-state index contributed by atoms with van der Waals surface area (Å²) in [5.41, 5.74) is 2.62. The third-order valence-electron chi connectivity index (χ3n) is 4.03. The normalized spacial score (nSPS) is 11.4. The van der Waals surface area contributed by atoms with Crippen LogP contribution >= 0.6 is 11.8 Å². The maximum absolute atomic E-state index is 5.60. The zero-order valence-corrected chi connectivity index (χ0v) is 14.4. The molecule has 0 fully saturated rings. The molecule has 1 aromatic carbocycles. The molecular weight excluding hydrogens is 346 g/mol. The van der Waals surface area contributed by atoms with Crippen molar-refractivity contribution >= 4 is 28.3 Å². The molecule has 5 rings (SSSR count). The molecule has 7 heteroatoms. The highest BCUT2D eigenvalue weighted by Crippen LogP contribution is 2.30. The number of fused-ring (bicyclic) bond motifs is 3. The topological polar surface area (TPSA) is 69.1 Å². The van der Waals surface area contributed by atoms with E-state index < -0.39 is 0 Å². The van der Waals surface area contributed by atoms with Crippen molar-refractivity contribution in [3.63, 3.8) is 0 Å². The standard InChI is InChI=1S/C19H13N5OS/c1-2-8-15-14(7-1)17-22-23-19(26-12-13-6-3-4-10-20-13)24(17)18(21-15)16-9-5-11-25-16/h1-11H,12H2. The van der Waals surface area contributed by atoms with E-state index in [1.165, 1.54) is 0 Å². The minimum absolute atomic E-state index is 0.681. The van der Waals surface area contributed by atoms with Crippen LogP contribution in [0.1, 0.15) is 5.69 Å². The zero-order chi connectivity index (χ0) is 17.3. The van der Waals surface area contributed by atoms with Crippen molar-refractivity contribution in [2.45, 2.75) is 10.9 Å². The lowest BCUT2D eigenvalue weighted by Gasteiger charge is -2.07. The Morgan fingerprint density at radius 1 is 0.962 bits per heavy atom. The number of furan rings is 1. The lowest BCUT2D eigenvalue weighted by Crippen LogP contribution is -1.99. The van der Waals surface area contributed by atoms with E-state index in [1.54, 1.807) is 24.2 Å². The number of benzene rings is 1. The summed E-state index contributed by atoms with van der Waals surface area (Å²) in [7, 11) is 0. The van der Waals surface area contributed by atoms with Gasteiger partial charge in [-0.1, -0.05) is 30.0 Å². The van der Waals surface area contributed by atoms with E-state index in [9.17, 15) is 0 Å². The fraction of sp³-hybridized carbons (Fsp3) is 0.0526. The van der Waals surface area contributed by atoms with Crippen molar-refractivity contribution < 1.29 is 4.42 Å². The molecule has 0 spiro atoms. The molecule has 0 bridgehead atoms. The van der Waals surface area contributed by atoms with Gasteiger partial charge in [0.1, 0.15) is 0 Å². The van der Waals surface area contributed by atoms with Gasteiger partial charge in [0.05, 0.1) is 17.5 Å². The van der Waals surface area contributed by atoms with E-state index in [4.69, 9.17) is 9.40 Å². The SMILES string of the molecule is c1ccc(CSc2nnc3c4ccccc4nc(-c4ccco4)n23)nc1. The van der Waals surface area contributed by atoms with Crippen LogP contribution in [0, 0.1) is 0 Å². The number of thioether (sulfide) groups is 1. The number of aromatic nitrogens is 5. The molecule has 126 valence electrons. The smallest absolute Gasteiger partial charge is 0.197 e. The van der Waals surface area contributed by atoms with Crippen LogP contribution in [0.5, 0.6) is 0 Å². The number of hydrogen-bond donors (Lipinski definition) is 0. The summed E-state index contributed by atoms with van der Waals surface area (Å²) in [6, 6.07) is 17.5. The maximum Gasteiger partial charge on any atom is 0.197 e. The van der Waals surface area contributed by atoms with Crippen LogP contribution in [0.2, 0.25) is 0 Å². The van der Waals surface area contributed by atoms with Gasteiger partial charge in [0.2, 0.25) is 0 Å². The number of rotatable bonds is 4. The fourth-order valence-corrected chi connectivity index (χ4v) is 3.69. The predicted octanol–water partition coefficient (Wildman–Crippen LogP) is 4.22. The average molecular weight is 359 g/mol. The first-order chi connectivity index (χ1) is 12.9. The second-order valence-corrected chi connectivity index (χ2v) is 6.62.